The first-order chi connectivity index (χ1) is 9.45. The number of aliphatic carboxylic acids is 1. The van der Waals surface area contributed by atoms with Crippen molar-refractivity contribution in [2.24, 2.45) is 5.92 Å². The van der Waals surface area contributed by atoms with Crippen LogP contribution >= 0.6 is 0 Å². The zero-order valence-corrected chi connectivity index (χ0v) is 12.2. The lowest BCUT2D eigenvalue weighted by molar-refractivity contribution is -0.144. The number of fused-ring (bicyclic) bond motifs is 1. The number of hydrogen-bond donors (Lipinski definition) is 1. The van der Waals surface area contributed by atoms with E-state index in [0.717, 1.165) is 24.0 Å². The zero-order valence-electron chi connectivity index (χ0n) is 12.2. The second-order valence-corrected chi connectivity index (χ2v) is 5.70. The summed E-state index contributed by atoms with van der Waals surface area (Å²) in [4.78, 5) is 25.3. The predicted molar refractivity (Wildman–Crippen MR) is 76.6 cm³/mol. The van der Waals surface area contributed by atoms with Gasteiger partial charge in [-0.15, -0.1) is 0 Å². The molecule has 1 aliphatic rings. The SMILES string of the molecule is CCCc1ccc2c(c1)C(=O)N(C(C(=O)O)C(C)C)C2. The standard InChI is InChI=1S/C16H21NO3/c1-4-5-11-6-7-12-9-17(15(18)13(12)8-11)14(10(2)3)16(19)20/h6-8,10,14H,4-5,9H2,1-3H3,(H,19,20). The highest BCUT2D eigenvalue weighted by Gasteiger charge is 2.37. The van der Waals surface area contributed by atoms with Crippen molar-refractivity contribution in [3.05, 3.63) is 34.9 Å². The molecule has 20 heavy (non-hydrogen) atoms. The molecule has 1 aromatic rings. The lowest BCUT2D eigenvalue weighted by atomic mass is 10.0. The van der Waals surface area contributed by atoms with E-state index >= 15 is 0 Å². The number of rotatable bonds is 5. The minimum atomic E-state index is -0.935. The molecule has 0 aliphatic carbocycles. The van der Waals surface area contributed by atoms with Crippen molar-refractivity contribution < 1.29 is 14.7 Å². The summed E-state index contributed by atoms with van der Waals surface area (Å²) in [6.07, 6.45) is 1.97. The number of carbonyl (C=O) groups is 2. The molecule has 0 radical (unpaired) electrons. The molecule has 2 rings (SSSR count). The van der Waals surface area contributed by atoms with Crippen LogP contribution in [-0.4, -0.2) is 27.9 Å². The van der Waals surface area contributed by atoms with E-state index in [1.807, 2.05) is 32.0 Å². The van der Waals surface area contributed by atoms with E-state index in [1.54, 1.807) is 0 Å². The summed E-state index contributed by atoms with van der Waals surface area (Å²) in [6, 6.07) is 5.15. The van der Waals surface area contributed by atoms with Crippen LogP contribution in [0.2, 0.25) is 0 Å². The van der Waals surface area contributed by atoms with Gasteiger partial charge in [-0.05, 0) is 29.5 Å². The Morgan fingerprint density at radius 3 is 2.65 bits per heavy atom. The molecule has 4 nitrogen and oxygen atoms in total. The number of carboxylic acid groups (broad SMARTS) is 1. The van der Waals surface area contributed by atoms with E-state index in [1.165, 1.54) is 4.90 Å². The van der Waals surface area contributed by atoms with Gasteiger partial charge in [-0.25, -0.2) is 4.79 Å². The van der Waals surface area contributed by atoms with Gasteiger partial charge in [0.2, 0.25) is 0 Å². The molecule has 1 amide bonds. The summed E-state index contributed by atoms with van der Waals surface area (Å²) in [5.41, 5.74) is 2.74. The van der Waals surface area contributed by atoms with E-state index in [-0.39, 0.29) is 11.8 Å². The number of carbonyl (C=O) groups excluding carboxylic acids is 1. The minimum Gasteiger partial charge on any atom is -0.480 e. The molecule has 0 fully saturated rings. The van der Waals surface area contributed by atoms with Gasteiger partial charge in [-0.3, -0.25) is 4.79 Å². The summed E-state index contributed by atoms with van der Waals surface area (Å²) in [5, 5.41) is 9.35. The average molecular weight is 275 g/mol. The van der Waals surface area contributed by atoms with E-state index in [4.69, 9.17) is 0 Å². The predicted octanol–water partition coefficient (Wildman–Crippen LogP) is 2.70. The molecule has 108 valence electrons. The Bertz CT molecular complexity index is 537. The van der Waals surface area contributed by atoms with Crippen molar-refractivity contribution in [3.8, 4) is 0 Å². The second-order valence-electron chi connectivity index (χ2n) is 5.70. The molecule has 0 spiro atoms. The maximum atomic E-state index is 12.5. The van der Waals surface area contributed by atoms with Crippen molar-refractivity contribution in [1.29, 1.82) is 0 Å². The van der Waals surface area contributed by atoms with Crippen molar-refractivity contribution in [3.63, 3.8) is 0 Å². The fourth-order valence-corrected chi connectivity index (χ4v) is 2.82. The average Bonchev–Trinajstić information content (AvgIpc) is 2.67. The second kappa shape index (κ2) is 5.65. The van der Waals surface area contributed by atoms with E-state index in [0.29, 0.717) is 12.1 Å². The van der Waals surface area contributed by atoms with Gasteiger partial charge in [0.15, 0.2) is 0 Å². The highest BCUT2D eigenvalue weighted by molar-refractivity contribution is 6.00. The smallest absolute Gasteiger partial charge is 0.326 e. The fraction of sp³-hybridized carbons (Fsp3) is 0.500. The highest BCUT2D eigenvalue weighted by Crippen LogP contribution is 2.28. The first kappa shape index (κ1) is 14.6. The molecular weight excluding hydrogens is 254 g/mol. The summed E-state index contributed by atoms with van der Waals surface area (Å²) in [6.45, 7) is 6.16. The Morgan fingerprint density at radius 2 is 2.10 bits per heavy atom. The maximum absolute atomic E-state index is 12.5. The Balaban J connectivity index is 2.31. The molecule has 0 aromatic heterocycles. The van der Waals surface area contributed by atoms with E-state index in [9.17, 15) is 14.7 Å². The molecule has 4 heteroatoms. The topological polar surface area (TPSA) is 57.6 Å². The van der Waals surface area contributed by atoms with Gasteiger partial charge in [0.25, 0.3) is 5.91 Å². The quantitative estimate of drug-likeness (QED) is 0.899. The third-order valence-electron chi connectivity index (χ3n) is 3.77. The Hall–Kier alpha value is -1.84. The Morgan fingerprint density at radius 1 is 1.40 bits per heavy atom. The first-order valence-corrected chi connectivity index (χ1v) is 7.11. The normalized spacial score (nSPS) is 15.6. The van der Waals surface area contributed by atoms with E-state index in [2.05, 4.69) is 6.92 Å². The zero-order chi connectivity index (χ0) is 14.9. The van der Waals surface area contributed by atoms with Crippen molar-refractivity contribution in [2.45, 2.75) is 46.2 Å². The molecule has 1 aromatic carbocycles. The number of amides is 1. The van der Waals surface area contributed by atoms with Crippen LogP contribution in [0.1, 0.15) is 48.7 Å². The summed E-state index contributed by atoms with van der Waals surface area (Å²) < 4.78 is 0. The molecule has 1 atom stereocenters. The lowest BCUT2D eigenvalue weighted by Crippen LogP contribution is -2.44. The van der Waals surface area contributed by atoms with Crippen LogP contribution in [0.15, 0.2) is 18.2 Å². The Labute approximate surface area is 119 Å². The van der Waals surface area contributed by atoms with Crippen LogP contribution in [-0.2, 0) is 17.8 Å². The van der Waals surface area contributed by atoms with Crippen LogP contribution in [0.3, 0.4) is 0 Å². The molecule has 0 saturated heterocycles. The number of aryl methyl sites for hydroxylation is 1. The molecule has 0 bridgehead atoms. The third-order valence-corrected chi connectivity index (χ3v) is 3.77. The third kappa shape index (κ3) is 2.55. The number of hydrogen-bond acceptors (Lipinski definition) is 2. The van der Waals surface area contributed by atoms with Crippen LogP contribution < -0.4 is 0 Å². The van der Waals surface area contributed by atoms with Gasteiger partial charge in [0.1, 0.15) is 6.04 Å². The largest absolute Gasteiger partial charge is 0.480 e. The van der Waals surface area contributed by atoms with Crippen molar-refractivity contribution in [1.82, 2.24) is 4.90 Å². The number of benzene rings is 1. The number of carboxylic acids is 1. The number of nitrogens with zero attached hydrogens (tertiary/aromatic N) is 1. The van der Waals surface area contributed by atoms with Gasteiger partial charge in [-0.1, -0.05) is 39.3 Å². The van der Waals surface area contributed by atoms with Crippen LogP contribution in [0.25, 0.3) is 0 Å². The van der Waals surface area contributed by atoms with Crippen LogP contribution in [0.4, 0.5) is 0 Å². The van der Waals surface area contributed by atoms with Crippen LogP contribution in [0, 0.1) is 5.92 Å². The van der Waals surface area contributed by atoms with E-state index < -0.39 is 12.0 Å². The Kier molecular flexibility index (Phi) is 4.12. The summed E-state index contributed by atoms with van der Waals surface area (Å²) >= 11 is 0. The van der Waals surface area contributed by atoms with Crippen molar-refractivity contribution >= 4 is 11.9 Å². The molecule has 1 N–H and O–H groups in total. The van der Waals surface area contributed by atoms with Gasteiger partial charge < -0.3 is 10.0 Å². The molecular formula is C16H21NO3. The fourth-order valence-electron chi connectivity index (χ4n) is 2.82. The highest BCUT2D eigenvalue weighted by atomic mass is 16.4. The first-order valence-electron chi connectivity index (χ1n) is 7.11. The minimum absolute atomic E-state index is 0.110. The maximum Gasteiger partial charge on any atom is 0.326 e. The molecule has 0 saturated carbocycles. The van der Waals surface area contributed by atoms with Gasteiger partial charge in [0, 0.05) is 12.1 Å². The van der Waals surface area contributed by atoms with Crippen LogP contribution in [0.5, 0.6) is 0 Å². The van der Waals surface area contributed by atoms with Gasteiger partial charge in [0.05, 0.1) is 0 Å². The monoisotopic (exact) mass is 275 g/mol. The van der Waals surface area contributed by atoms with Gasteiger partial charge >= 0.3 is 5.97 Å². The molecule has 1 unspecified atom stereocenters. The molecule has 1 heterocycles. The summed E-state index contributed by atoms with van der Waals surface area (Å²) in [5.74, 6) is -1.20. The molecule has 1 aliphatic heterocycles. The summed E-state index contributed by atoms with van der Waals surface area (Å²) in [7, 11) is 0. The van der Waals surface area contributed by atoms with Crippen molar-refractivity contribution in [2.75, 3.05) is 0 Å². The lowest BCUT2D eigenvalue weighted by Gasteiger charge is -2.27. The van der Waals surface area contributed by atoms with Gasteiger partial charge in [-0.2, -0.15) is 0 Å².